The van der Waals surface area contributed by atoms with E-state index in [1.165, 1.54) is 30.9 Å². The zero-order chi connectivity index (χ0) is 10.4. The smallest absolute Gasteiger partial charge is 0.0367 e. The predicted octanol–water partition coefficient (Wildman–Crippen LogP) is 2.96. The van der Waals surface area contributed by atoms with Gasteiger partial charge in [0.25, 0.3) is 0 Å². The van der Waals surface area contributed by atoms with E-state index in [4.69, 9.17) is 0 Å². The molecular formula is C12H20N2. The zero-order valence-corrected chi connectivity index (χ0v) is 9.38. The van der Waals surface area contributed by atoms with Crippen LogP contribution in [-0.4, -0.2) is 20.1 Å². The molecule has 1 aliphatic rings. The van der Waals surface area contributed by atoms with Gasteiger partial charge in [-0.25, -0.2) is 0 Å². The fourth-order valence-corrected chi connectivity index (χ4v) is 1.41. The molecule has 1 fully saturated rings. The lowest BCUT2D eigenvalue weighted by molar-refractivity contribution is 0.618. The Bertz CT molecular complexity index is 250. The Hall–Kier alpha value is -1.18. The van der Waals surface area contributed by atoms with E-state index in [1.54, 1.807) is 0 Å². The first-order valence-electron chi connectivity index (χ1n) is 5.43. The standard InChI is InChI=1S/C10H14N2.C2H6/c1-11-9-3-5-10(6-4-9)12-7-2-8-12;1-2/h3-6,11H,2,7-8H2,1H3;1-2H3. The first kappa shape index (κ1) is 10.9. The normalized spacial score (nSPS) is 13.8. The summed E-state index contributed by atoms with van der Waals surface area (Å²) in [4.78, 5) is 2.39. The number of nitrogens with one attached hydrogen (secondary N) is 1. The Morgan fingerprint density at radius 2 is 1.64 bits per heavy atom. The van der Waals surface area contributed by atoms with Crippen molar-refractivity contribution in [2.75, 3.05) is 30.4 Å². The second-order valence-corrected chi connectivity index (χ2v) is 3.14. The number of anilines is 2. The molecule has 2 nitrogen and oxygen atoms in total. The second kappa shape index (κ2) is 5.53. The van der Waals surface area contributed by atoms with Gasteiger partial charge >= 0.3 is 0 Å². The number of benzene rings is 1. The Morgan fingerprint density at radius 1 is 1.07 bits per heavy atom. The lowest BCUT2D eigenvalue weighted by atomic mass is 10.1. The molecule has 1 N–H and O–H groups in total. The molecule has 0 amide bonds. The molecule has 1 aliphatic heterocycles. The summed E-state index contributed by atoms with van der Waals surface area (Å²) in [5.74, 6) is 0. The molecule has 0 spiro atoms. The quantitative estimate of drug-likeness (QED) is 0.775. The largest absolute Gasteiger partial charge is 0.388 e. The van der Waals surface area contributed by atoms with Gasteiger partial charge in [-0.15, -0.1) is 0 Å². The van der Waals surface area contributed by atoms with Gasteiger partial charge in [0.2, 0.25) is 0 Å². The van der Waals surface area contributed by atoms with Crippen LogP contribution in [0.3, 0.4) is 0 Å². The minimum Gasteiger partial charge on any atom is -0.388 e. The fourth-order valence-electron chi connectivity index (χ4n) is 1.41. The summed E-state index contributed by atoms with van der Waals surface area (Å²) in [5.41, 5.74) is 2.53. The van der Waals surface area contributed by atoms with Gasteiger partial charge in [0.1, 0.15) is 0 Å². The van der Waals surface area contributed by atoms with Crippen LogP contribution in [0.15, 0.2) is 24.3 Å². The molecule has 1 heterocycles. The average molecular weight is 192 g/mol. The van der Waals surface area contributed by atoms with Gasteiger partial charge < -0.3 is 10.2 Å². The van der Waals surface area contributed by atoms with Crippen LogP contribution in [0.5, 0.6) is 0 Å². The Kier molecular flexibility index (Phi) is 4.30. The van der Waals surface area contributed by atoms with Gasteiger partial charge in [-0.1, -0.05) is 13.8 Å². The summed E-state index contributed by atoms with van der Waals surface area (Å²) in [6.45, 7) is 6.44. The van der Waals surface area contributed by atoms with Crippen molar-refractivity contribution in [1.29, 1.82) is 0 Å². The highest BCUT2D eigenvalue weighted by Gasteiger charge is 2.13. The van der Waals surface area contributed by atoms with Gasteiger partial charge in [0.05, 0.1) is 0 Å². The molecule has 0 atom stereocenters. The molecule has 0 saturated carbocycles. The van der Waals surface area contributed by atoms with Crippen molar-refractivity contribution in [2.45, 2.75) is 20.3 Å². The number of hydrogen-bond donors (Lipinski definition) is 1. The van der Waals surface area contributed by atoms with Gasteiger partial charge in [0, 0.05) is 31.5 Å². The summed E-state index contributed by atoms with van der Waals surface area (Å²) in [6, 6.07) is 8.58. The first-order valence-corrected chi connectivity index (χ1v) is 5.43. The SMILES string of the molecule is CC.CNc1ccc(N2CCC2)cc1. The highest BCUT2D eigenvalue weighted by molar-refractivity contribution is 5.55. The summed E-state index contributed by atoms with van der Waals surface area (Å²) < 4.78 is 0. The first-order chi connectivity index (χ1) is 6.90. The maximum atomic E-state index is 3.11. The van der Waals surface area contributed by atoms with Crippen LogP contribution < -0.4 is 10.2 Å². The van der Waals surface area contributed by atoms with Crippen molar-refractivity contribution in [3.05, 3.63) is 24.3 Å². The van der Waals surface area contributed by atoms with E-state index in [1.807, 2.05) is 20.9 Å². The minimum atomic E-state index is 1.18. The van der Waals surface area contributed by atoms with Gasteiger partial charge in [-0.3, -0.25) is 0 Å². The van der Waals surface area contributed by atoms with E-state index in [0.717, 1.165) is 0 Å². The second-order valence-electron chi connectivity index (χ2n) is 3.14. The van der Waals surface area contributed by atoms with Crippen molar-refractivity contribution >= 4 is 11.4 Å². The van der Waals surface area contributed by atoms with Crippen molar-refractivity contribution in [2.24, 2.45) is 0 Å². The third-order valence-corrected chi connectivity index (χ3v) is 2.38. The molecule has 2 heteroatoms. The summed E-state index contributed by atoms with van der Waals surface area (Å²) in [7, 11) is 1.94. The van der Waals surface area contributed by atoms with Crippen LogP contribution in [0.25, 0.3) is 0 Å². The Balaban J connectivity index is 0.000000461. The van der Waals surface area contributed by atoms with Gasteiger partial charge in [-0.2, -0.15) is 0 Å². The lowest BCUT2D eigenvalue weighted by Crippen LogP contribution is -2.36. The molecule has 1 aromatic rings. The highest BCUT2D eigenvalue weighted by atomic mass is 15.2. The highest BCUT2D eigenvalue weighted by Crippen LogP contribution is 2.21. The van der Waals surface area contributed by atoms with Crippen LogP contribution in [0.1, 0.15) is 20.3 Å². The maximum Gasteiger partial charge on any atom is 0.0367 e. The number of nitrogens with zero attached hydrogens (tertiary/aromatic N) is 1. The third kappa shape index (κ3) is 2.41. The van der Waals surface area contributed by atoms with Crippen molar-refractivity contribution < 1.29 is 0 Å². The molecule has 78 valence electrons. The molecule has 0 radical (unpaired) electrons. The van der Waals surface area contributed by atoms with E-state index >= 15 is 0 Å². The number of rotatable bonds is 2. The molecule has 1 aromatic carbocycles. The van der Waals surface area contributed by atoms with Crippen LogP contribution in [0.4, 0.5) is 11.4 Å². The van der Waals surface area contributed by atoms with E-state index < -0.39 is 0 Å². The average Bonchev–Trinajstić information content (AvgIpc) is 2.20. The molecule has 0 aromatic heterocycles. The number of hydrogen-bond acceptors (Lipinski definition) is 2. The molecular weight excluding hydrogens is 172 g/mol. The predicted molar refractivity (Wildman–Crippen MR) is 64.2 cm³/mol. The maximum absolute atomic E-state index is 3.11. The van der Waals surface area contributed by atoms with E-state index in [0.29, 0.717) is 0 Å². The fraction of sp³-hybridized carbons (Fsp3) is 0.500. The minimum absolute atomic E-state index is 1.18. The molecule has 2 rings (SSSR count). The molecule has 14 heavy (non-hydrogen) atoms. The van der Waals surface area contributed by atoms with Gasteiger partial charge in [0.15, 0.2) is 0 Å². The van der Waals surface area contributed by atoms with E-state index in [-0.39, 0.29) is 0 Å². The monoisotopic (exact) mass is 192 g/mol. The molecule has 0 aliphatic carbocycles. The zero-order valence-electron chi connectivity index (χ0n) is 9.38. The molecule has 1 saturated heterocycles. The summed E-state index contributed by atoms with van der Waals surface area (Å²) in [5, 5.41) is 3.11. The van der Waals surface area contributed by atoms with Crippen LogP contribution in [-0.2, 0) is 0 Å². The molecule has 0 unspecified atom stereocenters. The van der Waals surface area contributed by atoms with Crippen molar-refractivity contribution in [3.63, 3.8) is 0 Å². The van der Waals surface area contributed by atoms with Crippen molar-refractivity contribution in [1.82, 2.24) is 0 Å². The summed E-state index contributed by atoms with van der Waals surface area (Å²) in [6.07, 6.45) is 1.34. The summed E-state index contributed by atoms with van der Waals surface area (Å²) >= 11 is 0. The topological polar surface area (TPSA) is 15.3 Å². The Morgan fingerprint density at radius 3 is 2.00 bits per heavy atom. The molecule has 0 bridgehead atoms. The van der Waals surface area contributed by atoms with Gasteiger partial charge in [-0.05, 0) is 30.7 Å². The Labute approximate surface area is 86.9 Å². The van der Waals surface area contributed by atoms with Crippen LogP contribution in [0.2, 0.25) is 0 Å². The van der Waals surface area contributed by atoms with Crippen LogP contribution in [0, 0.1) is 0 Å². The lowest BCUT2D eigenvalue weighted by Gasteiger charge is -2.33. The van der Waals surface area contributed by atoms with Crippen LogP contribution >= 0.6 is 0 Å². The third-order valence-electron chi connectivity index (χ3n) is 2.38. The van der Waals surface area contributed by atoms with E-state index in [2.05, 4.69) is 34.5 Å². The van der Waals surface area contributed by atoms with Crippen molar-refractivity contribution in [3.8, 4) is 0 Å². The van der Waals surface area contributed by atoms with E-state index in [9.17, 15) is 0 Å².